The summed E-state index contributed by atoms with van der Waals surface area (Å²) < 4.78 is 15.4. The molecule has 1 aromatic carbocycles. The quantitative estimate of drug-likeness (QED) is 0.414. The van der Waals surface area contributed by atoms with E-state index in [0.717, 1.165) is 12.5 Å². The van der Waals surface area contributed by atoms with Crippen LogP contribution in [0.15, 0.2) is 39.6 Å². The normalized spacial score (nSPS) is 11.3. The molecule has 3 aromatic rings. The second kappa shape index (κ2) is 9.07. The molecular weight excluding hydrogens is 421 g/mol. The number of anilines is 1. The van der Waals surface area contributed by atoms with Gasteiger partial charge in [0.2, 0.25) is 5.91 Å². The van der Waals surface area contributed by atoms with E-state index in [9.17, 15) is 14.0 Å². The van der Waals surface area contributed by atoms with Crippen molar-refractivity contribution in [2.75, 3.05) is 11.1 Å². The van der Waals surface area contributed by atoms with Gasteiger partial charge in [-0.1, -0.05) is 37.2 Å². The van der Waals surface area contributed by atoms with Crippen LogP contribution in [0.5, 0.6) is 0 Å². The third kappa shape index (κ3) is 4.92. The number of thiophene rings is 1. The summed E-state index contributed by atoms with van der Waals surface area (Å²) in [4.78, 5) is 29.7. The minimum absolute atomic E-state index is 0.0530. The van der Waals surface area contributed by atoms with Crippen LogP contribution in [0.4, 0.5) is 10.1 Å². The van der Waals surface area contributed by atoms with Crippen LogP contribution in [0.1, 0.15) is 20.3 Å². The first-order chi connectivity index (χ1) is 13.3. The van der Waals surface area contributed by atoms with E-state index in [-0.39, 0.29) is 22.2 Å². The van der Waals surface area contributed by atoms with E-state index in [1.165, 1.54) is 35.2 Å². The molecule has 0 fully saturated rings. The Morgan fingerprint density at radius 3 is 2.89 bits per heavy atom. The summed E-state index contributed by atoms with van der Waals surface area (Å²) in [6.07, 6.45) is 0.837. The maximum Gasteiger partial charge on any atom is 0.272 e. The number of hydrogen-bond donors (Lipinski definition) is 1. The second-order valence-corrected chi connectivity index (χ2v) is 8.90. The summed E-state index contributed by atoms with van der Waals surface area (Å²) in [6.45, 7) is 4.73. The molecule has 9 heteroatoms. The molecule has 0 spiro atoms. The molecule has 0 unspecified atom stereocenters. The van der Waals surface area contributed by atoms with Crippen molar-refractivity contribution in [3.63, 3.8) is 0 Å². The number of rotatable bonds is 7. The van der Waals surface area contributed by atoms with E-state index in [1.54, 1.807) is 10.6 Å². The van der Waals surface area contributed by atoms with Gasteiger partial charge in [0.05, 0.1) is 22.0 Å². The molecule has 148 valence electrons. The van der Waals surface area contributed by atoms with Gasteiger partial charge < -0.3 is 5.32 Å². The van der Waals surface area contributed by atoms with E-state index in [2.05, 4.69) is 24.1 Å². The van der Waals surface area contributed by atoms with E-state index >= 15 is 0 Å². The van der Waals surface area contributed by atoms with Gasteiger partial charge in [-0.15, -0.1) is 11.3 Å². The number of carbonyl (C=O) groups excluding carboxylic acids is 1. The SMILES string of the molecule is CC(C)CCn1c(SCC(=O)Nc2ccc(F)cc2Cl)nc2ccsc2c1=O. The fourth-order valence-electron chi connectivity index (χ4n) is 2.53. The van der Waals surface area contributed by atoms with Crippen LogP contribution in [0.25, 0.3) is 10.2 Å². The lowest BCUT2D eigenvalue weighted by Crippen LogP contribution is -2.24. The molecule has 0 radical (unpaired) electrons. The van der Waals surface area contributed by atoms with Crippen molar-refractivity contribution in [2.24, 2.45) is 5.92 Å². The fourth-order valence-corrected chi connectivity index (χ4v) is 4.34. The summed E-state index contributed by atoms with van der Waals surface area (Å²) in [5.41, 5.74) is 0.900. The molecule has 1 amide bonds. The van der Waals surface area contributed by atoms with Crippen molar-refractivity contribution in [3.8, 4) is 0 Å². The van der Waals surface area contributed by atoms with E-state index in [1.807, 2.05) is 5.38 Å². The zero-order valence-electron chi connectivity index (χ0n) is 15.4. The van der Waals surface area contributed by atoms with Crippen LogP contribution in [0.2, 0.25) is 5.02 Å². The molecule has 0 saturated carbocycles. The van der Waals surface area contributed by atoms with Crippen LogP contribution in [0.3, 0.4) is 0 Å². The van der Waals surface area contributed by atoms with Gasteiger partial charge >= 0.3 is 0 Å². The number of nitrogens with zero attached hydrogens (tertiary/aromatic N) is 2. The smallest absolute Gasteiger partial charge is 0.272 e. The van der Waals surface area contributed by atoms with E-state index in [4.69, 9.17) is 11.6 Å². The lowest BCUT2D eigenvalue weighted by molar-refractivity contribution is -0.113. The van der Waals surface area contributed by atoms with Gasteiger partial charge in [0.15, 0.2) is 5.16 Å². The van der Waals surface area contributed by atoms with Gasteiger partial charge in [0.25, 0.3) is 5.56 Å². The summed E-state index contributed by atoms with van der Waals surface area (Å²) in [5.74, 6) is -0.293. The molecule has 0 saturated heterocycles. The summed E-state index contributed by atoms with van der Waals surface area (Å²) >= 11 is 8.51. The number of hydrogen-bond acceptors (Lipinski definition) is 5. The maximum atomic E-state index is 13.1. The van der Waals surface area contributed by atoms with Crippen LogP contribution in [0, 0.1) is 11.7 Å². The number of benzene rings is 1. The monoisotopic (exact) mass is 439 g/mol. The topological polar surface area (TPSA) is 64.0 Å². The lowest BCUT2D eigenvalue weighted by Gasteiger charge is -2.13. The molecule has 28 heavy (non-hydrogen) atoms. The Labute approximate surface area is 174 Å². The minimum Gasteiger partial charge on any atom is -0.324 e. The Bertz CT molecular complexity index is 1070. The Morgan fingerprint density at radius 2 is 2.18 bits per heavy atom. The Hall–Kier alpha value is -1.90. The molecule has 3 rings (SSSR count). The van der Waals surface area contributed by atoms with Gasteiger partial charge in [0, 0.05) is 6.54 Å². The molecule has 5 nitrogen and oxygen atoms in total. The predicted octanol–water partition coefficient (Wildman–Crippen LogP) is 5.03. The molecule has 0 atom stereocenters. The summed E-state index contributed by atoms with van der Waals surface area (Å²) in [5, 5.41) is 5.13. The predicted molar refractivity (Wildman–Crippen MR) is 114 cm³/mol. The third-order valence-electron chi connectivity index (χ3n) is 4.00. The largest absolute Gasteiger partial charge is 0.324 e. The van der Waals surface area contributed by atoms with Gasteiger partial charge in [-0.3, -0.25) is 14.2 Å². The zero-order chi connectivity index (χ0) is 20.3. The first kappa shape index (κ1) is 20.8. The average Bonchev–Trinajstić information content (AvgIpc) is 3.10. The van der Waals surface area contributed by atoms with Crippen LogP contribution in [-0.4, -0.2) is 21.2 Å². The van der Waals surface area contributed by atoms with Crippen LogP contribution < -0.4 is 10.9 Å². The van der Waals surface area contributed by atoms with Crippen molar-refractivity contribution in [1.29, 1.82) is 0 Å². The molecule has 0 bridgehead atoms. The molecular formula is C19H19ClFN3O2S2. The molecule has 0 aliphatic carbocycles. The van der Waals surface area contributed by atoms with Crippen LogP contribution >= 0.6 is 34.7 Å². The van der Waals surface area contributed by atoms with Crippen molar-refractivity contribution in [1.82, 2.24) is 9.55 Å². The highest BCUT2D eigenvalue weighted by atomic mass is 35.5. The summed E-state index contributed by atoms with van der Waals surface area (Å²) in [7, 11) is 0. The van der Waals surface area contributed by atoms with Crippen molar-refractivity contribution in [2.45, 2.75) is 32.0 Å². The number of carbonyl (C=O) groups is 1. The van der Waals surface area contributed by atoms with Gasteiger partial charge in [0.1, 0.15) is 10.5 Å². The van der Waals surface area contributed by atoms with Gasteiger partial charge in [-0.05, 0) is 42.0 Å². The van der Waals surface area contributed by atoms with E-state index in [0.29, 0.717) is 33.5 Å². The Morgan fingerprint density at radius 1 is 1.39 bits per heavy atom. The lowest BCUT2D eigenvalue weighted by atomic mass is 10.1. The zero-order valence-corrected chi connectivity index (χ0v) is 17.8. The molecule has 2 aromatic heterocycles. The van der Waals surface area contributed by atoms with E-state index < -0.39 is 5.82 Å². The van der Waals surface area contributed by atoms with Gasteiger partial charge in [-0.2, -0.15) is 0 Å². The van der Waals surface area contributed by atoms with Gasteiger partial charge in [-0.25, -0.2) is 9.37 Å². The highest BCUT2D eigenvalue weighted by molar-refractivity contribution is 7.99. The Balaban J connectivity index is 1.77. The molecule has 2 heterocycles. The maximum absolute atomic E-state index is 13.1. The second-order valence-electron chi connectivity index (χ2n) is 6.63. The first-order valence-electron chi connectivity index (χ1n) is 8.71. The molecule has 0 aliphatic heterocycles. The summed E-state index contributed by atoms with van der Waals surface area (Å²) in [6, 6.07) is 5.58. The number of fused-ring (bicyclic) bond motifs is 1. The third-order valence-corrected chi connectivity index (χ3v) is 6.18. The van der Waals surface area contributed by atoms with Crippen LogP contribution in [-0.2, 0) is 11.3 Å². The number of amides is 1. The van der Waals surface area contributed by atoms with Crippen molar-refractivity contribution >= 4 is 56.5 Å². The number of aromatic nitrogens is 2. The number of halogens is 2. The molecule has 1 N–H and O–H groups in total. The number of nitrogens with one attached hydrogen (secondary N) is 1. The number of thioether (sulfide) groups is 1. The average molecular weight is 440 g/mol. The first-order valence-corrected chi connectivity index (χ1v) is 10.9. The highest BCUT2D eigenvalue weighted by Crippen LogP contribution is 2.24. The molecule has 0 aliphatic rings. The fraction of sp³-hybridized carbons (Fsp3) is 0.316. The van der Waals surface area contributed by atoms with Crippen molar-refractivity contribution < 1.29 is 9.18 Å². The highest BCUT2D eigenvalue weighted by Gasteiger charge is 2.15. The Kier molecular flexibility index (Phi) is 6.74. The standard InChI is InChI=1S/C19H19ClFN3O2S2/c1-11(2)5-7-24-18(26)17-15(6-8-27-17)23-19(24)28-10-16(25)22-14-4-3-12(21)9-13(14)20/h3-4,6,8-9,11H,5,7,10H2,1-2H3,(H,22,25). The minimum atomic E-state index is -0.472. The van der Waals surface area contributed by atoms with Crippen molar-refractivity contribution in [3.05, 3.63) is 50.8 Å².